The standard InChI is InChI=1S/C18H20ClNO2/c1-2-3-4-14-5-9-16(10-6-14)20-18(21)13-22-17-11-7-15(19)8-12-17/h5-12H,2-4,13H2,1H3,(H,20,21). The van der Waals surface area contributed by atoms with Crippen LogP contribution in [0.4, 0.5) is 5.69 Å². The summed E-state index contributed by atoms with van der Waals surface area (Å²) in [6, 6.07) is 14.9. The quantitative estimate of drug-likeness (QED) is 0.803. The molecule has 3 nitrogen and oxygen atoms in total. The van der Waals surface area contributed by atoms with E-state index in [1.807, 2.05) is 24.3 Å². The van der Waals surface area contributed by atoms with E-state index in [1.54, 1.807) is 24.3 Å². The maximum absolute atomic E-state index is 11.8. The van der Waals surface area contributed by atoms with Crippen LogP contribution < -0.4 is 10.1 Å². The number of rotatable bonds is 7. The first-order valence-electron chi connectivity index (χ1n) is 7.44. The van der Waals surface area contributed by atoms with E-state index >= 15 is 0 Å². The van der Waals surface area contributed by atoms with Gasteiger partial charge in [-0.15, -0.1) is 0 Å². The fraction of sp³-hybridized carbons (Fsp3) is 0.278. The number of aryl methyl sites for hydroxylation is 1. The largest absolute Gasteiger partial charge is 0.484 e. The average molecular weight is 318 g/mol. The minimum absolute atomic E-state index is 0.0286. The Bertz CT molecular complexity index is 593. The van der Waals surface area contributed by atoms with Gasteiger partial charge in [0.1, 0.15) is 5.75 Å². The van der Waals surface area contributed by atoms with Gasteiger partial charge < -0.3 is 10.1 Å². The normalized spacial score (nSPS) is 10.3. The molecule has 2 aromatic carbocycles. The molecule has 0 aliphatic carbocycles. The summed E-state index contributed by atoms with van der Waals surface area (Å²) < 4.78 is 5.40. The number of hydrogen-bond acceptors (Lipinski definition) is 2. The molecule has 0 atom stereocenters. The zero-order chi connectivity index (χ0) is 15.8. The number of halogens is 1. The van der Waals surface area contributed by atoms with Crippen LogP contribution in [0, 0.1) is 0 Å². The maximum atomic E-state index is 11.8. The van der Waals surface area contributed by atoms with E-state index in [9.17, 15) is 4.79 Å². The van der Waals surface area contributed by atoms with Gasteiger partial charge in [-0.2, -0.15) is 0 Å². The predicted molar refractivity (Wildman–Crippen MR) is 90.6 cm³/mol. The number of nitrogens with one attached hydrogen (secondary N) is 1. The summed E-state index contributed by atoms with van der Waals surface area (Å²) in [5.74, 6) is 0.436. The number of carbonyl (C=O) groups excluding carboxylic acids is 1. The van der Waals surface area contributed by atoms with E-state index in [2.05, 4.69) is 12.2 Å². The lowest BCUT2D eigenvalue weighted by Gasteiger charge is -2.08. The molecular weight excluding hydrogens is 298 g/mol. The van der Waals surface area contributed by atoms with Crippen LogP contribution in [0.25, 0.3) is 0 Å². The SMILES string of the molecule is CCCCc1ccc(NC(=O)COc2ccc(Cl)cc2)cc1. The highest BCUT2D eigenvalue weighted by Gasteiger charge is 2.04. The lowest BCUT2D eigenvalue weighted by molar-refractivity contribution is -0.118. The van der Waals surface area contributed by atoms with Gasteiger partial charge in [-0.3, -0.25) is 4.79 Å². The van der Waals surface area contributed by atoms with Crippen LogP contribution in [0.5, 0.6) is 5.75 Å². The van der Waals surface area contributed by atoms with Gasteiger partial charge in [0, 0.05) is 10.7 Å². The van der Waals surface area contributed by atoms with Crippen LogP contribution in [-0.4, -0.2) is 12.5 Å². The minimum atomic E-state index is -0.184. The molecule has 4 heteroatoms. The molecule has 0 saturated carbocycles. The lowest BCUT2D eigenvalue weighted by atomic mass is 10.1. The molecule has 0 radical (unpaired) electrons. The van der Waals surface area contributed by atoms with Crippen molar-refractivity contribution in [3.63, 3.8) is 0 Å². The Morgan fingerprint density at radius 3 is 2.41 bits per heavy atom. The van der Waals surface area contributed by atoms with Crippen LogP contribution in [-0.2, 0) is 11.2 Å². The molecule has 0 aromatic heterocycles. The highest BCUT2D eigenvalue weighted by atomic mass is 35.5. The first-order valence-corrected chi connectivity index (χ1v) is 7.82. The van der Waals surface area contributed by atoms with Crippen molar-refractivity contribution < 1.29 is 9.53 Å². The Morgan fingerprint density at radius 2 is 1.77 bits per heavy atom. The van der Waals surface area contributed by atoms with E-state index in [0.717, 1.165) is 12.1 Å². The Morgan fingerprint density at radius 1 is 1.09 bits per heavy atom. The van der Waals surface area contributed by atoms with Gasteiger partial charge in [0.15, 0.2) is 6.61 Å². The third-order valence-electron chi connectivity index (χ3n) is 3.24. The summed E-state index contributed by atoms with van der Waals surface area (Å²) in [4.78, 5) is 11.8. The summed E-state index contributed by atoms with van der Waals surface area (Å²) in [7, 11) is 0. The van der Waals surface area contributed by atoms with Crippen LogP contribution >= 0.6 is 11.6 Å². The van der Waals surface area contributed by atoms with Crippen molar-refractivity contribution in [2.24, 2.45) is 0 Å². The third-order valence-corrected chi connectivity index (χ3v) is 3.49. The zero-order valence-electron chi connectivity index (χ0n) is 12.6. The zero-order valence-corrected chi connectivity index (χ0v) is 13.4. The topological polar surface area (TPSA) is 38.3 Å². The van der Waals surface area contributed by atoms with Crippen molar-refractivity contribution >= 4 is 23.2 Å². The summed E-state index contributed by atoms with van der Waals surface area (Å²) in [5, 5.41) is 3.46. The summed E-state index contributed by atoms with van der Waals surface area (Å²) in [6.07, 6.45) is 3.44. The number of carbonyl (C=O) groups is 1. The maximum Gasteiger partial charge on any atom is 0.262 e. The van der Waals surface area contributed by atoms with E-state index in [0.29, 0.717) is 10.8 Å². The number of unbranched alkanes of at least 4 members (excludes halogenated alkanes) is 1. The van der Waals surface area contributed by atoms with Crippen molar-refractivity contribution in [2.75, 3.05) is 11.9 Å². The minimum Gasteiger partial charge on any atom is -0.484 e. The summed E-state index contributed by atoms with van der Waals surface area (Å²) in [5.41, 5.74) is 2.07. The van der Waals surface area contributed by atoms with Crippen LogP contribution in [0.15, 0.2) is 48.5 Å². The summed E-state index contributed by atoms with van der Waals surface area (Å²) in [6.45, 7) is 2.15. The number of ether oxygens (including phenoxy) is 1. The molecule has 22 heavy (non-hydrogen) atoms. The Kier molecular flexibility index (Phi) is 6.28. The number of benzene rings is 2. The van der Waals surface area contributed by atoms with Crippen LogP contribution in [0.2, 0.25) is 5.02 Å². The molecular formula is C18H20ClNO2. The Balaban J connectivity index is 1.80. The van der Waals surface area contributed by atoms with Gasteiger partial charge in [-0.25, -0.2) is 0 Å². The molecule has 0 saturated heterocycles. The molecule has 0 heterocycles. The highest BCUT2D eigenvalue weighted by Crippen LogP contribution is 2.16. The van der Waals surface area contributed by atoms with Crippen molar-refractivity contribution in [3.05, 3.63) is 59.1 Å². The molecule has 2 aromatic rings. The molecule has 116 valence electrons. The van der Waals surface area contributed by atoms with Crippen molar-refractivity contribution in [2.45, 2.75) is 26.2 Å². The van der Waals surface area contributed by atoms with Gasteiger partial charge in [0.2, 0.25) is 0 Å². The molecule has 0 aliphatic rings. The smallest absolute Gasteiger partial charge is 0.262 e. The van der Waals surface area contributed by atoms with Crippen LogP contribution in [0.3, 0.4) is 0 Å². The second-order valence-corrected chi connectivity index (χ2v) is 5.53. The second kappa shape index (κ2) is 8.44. The first kappa shape index (κ1) is 16.4. The van der Waals surface area contributed by atoms with Gasteiger partial charge in [0.25, 0.3) is 5.91 Å². The van der Waals surface area contributed by atoms with Crippen molar-refractivity contribution in [1.82, 2.24) is 0 Å². The fourth-order valence-electron chi connectivity index (χ4n) is 2.01. The van der Waals surface area contributed by atoms with Crippen molar-refractivity contribution in [1.29, 1.82) is 0 Å². The van der Waals surface area contributed by atoms with E-state index in [4.69, 9.17) is 16.3 Å². The first-order chi connectivity index (χ1) is 10.7. The van der Waals surface area contributed by atoms with Crippen LogP contribution in [0.1, 0.15) is 25.3 Å². The van der Waals surface area contributed by atoms with E-state index < -0.39 is 0 Å². The average Bonchev–Trinajstić information content (AvgIpc) is 2.54. The lowest BCUT2D eigenvalue weighted by Crippen LogP contribution is -2.20. The second-order valence-electron chi connectivity index (χ2n) is 5.09. The molecule has 0 aliphatic heterocycles. The third kappa shape index (κ3) is 5.41. The van der Waals surface area contributed by atoms with Gasteiger partial charge in [-0.05, 0) is 54.8 Å². The van der Waals surface area contributed by atoms with Gasteiger partial charge in [-0.1, -0.05) is 37.1 Å². The highest BCUT2D eigenvalue weighted by molar-refractivity contribution is 6.30. The molecule has 1 amide bonds. The fourth-order valence-corrected chi connectivity index (χ4v) is 2.14. The Hall–Kier alpha value is -2.00. The predicted octanol–water partition coefficient (Wildman–Crippen LogP) is 4.70. The molecule has 0 spiro atoms. The molecule has 0 fully saturated rings. The van der Waals surface area contributed by atoms with Crippen molar-refractivity contribution in [3.8, 4) is 5.75 Å². The van der Waals surface area contributed by atoms with Gasteiger partial charge >= 0.3 is 0 Å². The number of amides is 1. The number of hydrogen-bond donors (Lipinski definition) is 1. The van der Waals surface area contributed by atoms with E-state index in [1.165, 1.54) is 18.4 Å². The Labute approximate surface area is 136 Å². The summed E-state index contributed by atoms with van der Waals surface area (Å²) >= 11 is 5.79. The van der Waals surface area contributed by atoms with E-state index in [-0.39, 0.29) is 12.5 Å². The molecule has 1 N–H and O–H groups in total. The molecule has 0 bridgehead atoms. The molecule has 0 unspecified atom stereocenters. The molecule has 2 rings (SSSR count). The monoisotopic (exact) mass is 317 g/mol. The van der Waals surface area contributed by atoms with Gasteiger partial charge in [0.05, 0.1) is 0 Å². The number of anilines is 1.